The molecule has 0 unspecified atom stereocenters. The molecule has 1 aromatic heterocycles. The van der Waals surface area contributed by atoms with Gasteiger partial charge in [-0.1, -0.05) is 29.8 Å². The minimum atomic E-state index is -4.34. The summed E-state index contributed by atoms with van der Waals surface area (Å²) in [5.74, 6) is 1.76. The van der Waals surface area contributed by atoms with E-state index in [2.05, 4.69) is 15.0 Å². The summed E-state index contributed by atoms with van der Waals surface area (Å²) in [6, 6.07) is 5.87. The van der Waals surface area contributed by atoms with Gasteiger partial charge in [0.25, 0.3) is 0 Å². The van der Waals surface area contributed by atoms with Gasteiger partial charge >= 0.3 is 6.18 Å². The minimum Gasteiger partial charge on any atom is -0.338 e. The molecule has 7 heteroatoms. The first kappa shape index (κ1) is 16.6. The van der Waals surface area contributed by atoms with Crippen LogP contribution in [0.2, 0.25) is 0 Å². The Labute approximate surface area is 144 Å². The Hall–Kier alpha value is -1.89. The van der Waals surface area contributed by atoms with E-state index >= 15 is 0 Å². The Kier molecular flexibility index (Phi) is 4.27. The van der Waals surface area contributed by atoms with E-state index in [1.165, 1.54) is 31.7 Å². The fourth-order valence-corrected chi connectivity index (χ4v) is 4.07. The van der Waals surface area contributed by atoms with Gasteiger partial charge in [-0.3, -0.25) is 4.90 Å². The topological polar surface area (TPSA) is 42.2 Å². The average Bonchev–Trinajstić information content (AvgIpc) is 3.11. The summed E-state index contributed by atoms with van der Waals surface area (Å²) in [5, 5.41) is 3.94. The highest BCUT2D eigenvalue weighted by Crippen LogP contribution is 2.36. The standard InChI is InChI=1S/C18H20F3N3O/c19-18(20,21)14-5-1-3-12(7-14)9-16-22-17(25-23-16)11-24-10-13-4-2-6-15(24)8-13/h1,3,5,7,13,15H,2,4,6,8-11H2/t13-,15+/m1/s1. The number of hydrogen-bond acceptors (Lipinski definition) is 4. The number of rotatable bonds is 4. The van der Waals surface area contributed by atoms with Crippen molar-refractivity contribution in [3.05, 3.63) is 47.1 Å². The number of benzene rings is 1. The first-order chi connectivity index (χ1) is 12.0. The van der Waals surface area contributed by atoms with Crippen LogP contribution in [0.1, 0.15) is 48.5 Å². The Bertz CT molecular complexity index is 743. The second-order valence-corrected chi connectivity index (χ2v) is 7.10. The summed E-state index contributed by atoms with van der Waals surface area (Å²) < 4.78 is 43.7. The summed E-state index contributed by atoms with van der Waals surface area (Å²) in [4.78, 5) is 6.78. The maximum absolute atomic E-state index is 12.8. The molecule has 1 aliphatic heterocycles. The van der Waals surface area contributed by atoms with Crippen molar-refractivity contribution in [1.82, 2.24) is 15.0 Å². The van der Waals surface area contributed by atoms with Gasteiger partial charge in [0.1, 0.15) is 0 Å². The van der Waals surface area contributed by atoms with Crippen LogP contribution in [-0.4, -0.2) is 27.6 Å². The fraction of sp³-hybridized carbons (Fsp3) is 0.556. The number of likely N-dealkylation sites (tertiary alicyclic amines) is 1. The van der Waals surface area contributed by atoms with E-state index < -0.39 is 11.7 Å². The summed E-state index contributed by atoms with van der Waals surface area (Å²) in [6.07, 6.45) is 0.965. The Morgan fingerprint density at radius 3 is 2.92 bits per heavy atom. The van der Waals surface area contributed by atoms with E-state index in [0.717, 1.165) is 24.6 Å². The lowest BCUT2D eigenvalue weighted by molar-refractivity contribution is -0.137. The van der Waals surface area contributed by atoms with Gasteiger partial charge in [0.2, 0.25) is 5.89 Å². The van der Waals surface area contributed by atoms with Crippen molar-refractivity contribution in [3.63, 3.8) is 0 Å². The zero-order valence-corrected chi connectivity index (χ0v) is 13.8. The molecule has 1 saturated carbocycles. The molecular weight excluding hydrogens is 331 g/mol. The molecule has 4 nitrogen and oxygen atoms in total. The summed E-state index contributed by atoms with van der Waals surface area (Å²) in [6.45, 7) is 1.72. The van der Waals surface area contributed by atoms with Crippen molar-refractivity contribution >= 4 is 0 Å². The van der Waals surface area contributed by atoms with Crippen molar-refractivity contribution in [3.8, 4) is 0 Å². The van der Waals surface area contributed by atoms with Gasteiger partial charge in [-0.25, -0.2) is 0 Å². The second-order valence-electron chi connectivity index (χ2n) is 7.10. The lowest BCUT2D eigenvalue weighted by atomic mass is 9.90. The highest BCUT2D eigenvalue weighted by atomic mass is 19.4. The number of alkyl halides is 3. The molecule has 0 N–H and O–H groups in total. The molecule has 0 radical (unpaired) electrons. The van der Waals surface area contributed by atoms with Crippen LogP contribution in [0.15, 0.2) is 28.8 Å². The molecule has 2 aliphatic rings. The predicted octanol–water partition coefficient (Wildman–Crippen LogP) is 4.05. The number of halogens is 3. The summed E-state index contributed by atoms with van der Waals surface area (Å²) in [7, 11) is 0. The molecule has 1 aliphatic carbocycles. The molecular formula is C18H20F3N3O. The van der Waals surface area contributed by atoms with Crippen LogP contribution in [-0.2, 0) is 19.1 Å². The summed E-state index contributed by atoms with van der Waals surface area (Å²) in [5.41, 5.74) is -0.128. The lowest BCUT2D eigenvalue weighted by Gasteiger charge is -2.22. The normalized spacial score (nSPS) is 24.0. The molecule has 134 valence electrons. The van der Waals surface area contributed by atoms with E-state index in [-0.39, 0.29) is 6.42 Å². The van der Waals surface area contributed by atoms with Crippen molar-refractivity contribution in [2.75, 3.05) is 6.54 Å². The van der Waals surface area contributed by atoms with Gasteiger partial charge < -0.3 is 4.52 Å². The predicted molar refractivity (Wildman–Crippen MR) is 84.7 cm³/mol. The molecule has 0 amide bonds. The lowest BCUT2D eigenvalue weighted by Crippen LogP contribution is -2.28. The van der Waals surface area contributed by atoms with Crippen LogP contribution in [0.25, 0.3) is 0 Å². The van der Waals surface area contributed by atoms with E-state index in [9.17, 15) is 13.2 Å². The van der Waals surface area contributed by atoms with E-state index in [4.69, 9.17) is 4.52 Å². The number of hydrogen-bond donors (Lipinski definition) is 0. The molecule has 2 heterocycles. The van der Waals surface area contributed by atoms with Gasteiger partial charge in [0, 0.05) is 19.0 Å². The Balaban J connectivity index is 1.42. The van der Waals surface area contributed by atoms with Crippen molar-refractivity contribution in [2.45, 2.75) is 50.9 Å². The zero-order chi connectivity index (χ0) is 17.4. The third-order valence-corrected chi connectivity index (χ3v) is 5.23. The SMILES string of the molecule is FC(F)(F)c1cccc(Cc2noc(CN3C[C@@H]4CCC[C@H]3C4)n2)c1. The van der Waals surface area contributed by atoms with E-state index in [0.29, 0.717) is 29.9 Å². The van der Waals surface area contributed by atoms with Gasteiger partial charge in [0.05, 0.1) is 12.1 Å². The highest BCUT2D eigenvalue weighted by molar-refractivity contribution is 5.27. The van der Waals surface area contributed by atoms with Crippen LogP contribution in [0.4, 0.5) is 13.2 Å². The molecule has 2 atom stereocenters. The van der Waals surface area contributed by atoms with Crippen LogP contribution in [0.3, 0.4) is 0 Å². The number of nitrogens with zero attached hydrogens (tertiary/aromatic N) is 3. The molecule has 2 bridgehead atoms. The third kappa shape index (κ3) is 3.71. The van der Waals surface area contributed by atoms with Crippen LogP contribution >= 0.6 is 0 Å². The third-order valence-electron chi connectivity index (χ3n) is 5.23. The minimum absolute atomic E-state index is 0.236. The molecule has 0 spiro atoms. The second kappa shape index (κ2) is 6.44. The fourth-order valence-electron chi connectivity index (χ4n) is 4.07. The van der Waals surface area contributed by atoms with E-state index in [1.807, 2.05) is 0 Å². The smallest absolute Gasteiger partial charge is 0.338 e. The van der Waals surface area contributed by atoms with Crippen LogP contribution < -0.4 is 0 Å². The van der Waals surface area contributed by atoms with Gasteiger partial charge in [0.15, 0.2) is 5.82 Å². The molecule has 2 fully saturated rings. The Morgan fingerprint density at radius 1 is 1.24 bits per heavy atom. The quantitative estimate of drug-likeness (QED) is 0.833. The van der Waals surface area contributed by atoms with Crippen molar-refractivity contribution in [1.29, 1.82) is 0 Å². The van der Waals surface area contributed by atoms with Gasteiger partial charge in [-0.2, -0.15) is 18.2 Å². The highest BCUT2D eigenvalue weighted by Gasteiger charge is 2.35. The average molecular weight is 351 g/mol. The van der Waals surface area contributed by atoms with Crippen LogP contribution in [0, 0.1) is 5.92 Å². The largest absolute Gasteiger partial charge is 0.416 e. The maximum atomic E-state index is 12.8. The van der Waals surface area contributed by atoms with Crippen molar-refractivity contribution in [2.24, 2.45) is 5.92 Å². The van der Waals surface area contributed by atoms with Crippen LogP contribution in [0.5, 0.6) is 0 Å². The molecule has 1 saturated heterocycles. The maximum Gasteiger partial charge on any atom is 0.416 e. The first-order valence-electron chi connectivity index (χ1n) is 8.69. The summed E-state index contributed by atoms with van der Waals surface area (Å²) >= 11 is 0. The Morgan fingerprint density at radius 2 is 2.12 bits per heavy atom. The monoisotopic (exact) mass is 351 g/mol. The van der Waals surface area contributed by atoms with Gasteiger partial charge in [-0.15, -0.1) is 0 Å². The first-order valence-corrected chi connectivity index (χ1v) is 8.69. The van der Waals surface area contributed by atoms with Crippen molar-refractivity contribution < 1.29 is 17.7 Å². The zero-order valence-electron chi connectivity index (χ0n) is 13.8. The molecule has 4 rings (SSSR count). The molecule has 25 heavy (non-hydrogen) atoms. The number of fused-ring (bicyclic) bond motifs is 2. The molecule has 1 aromatic carbocycles. The van der Waals surface area contributed by atoms with Gasteiger partial charge in [-0.05, 0) is 36.8 Å². The van der Waals surface area contributed by atoms with E-state index in [1.54, 1.807) is 6.07 Å². The molecule has 2 aromatic rings. The number of aromatic nitrogens is 2.